The molecule has 4 N–H and O–H groups in total. The topological polar surface area (TPSA) is 129 Å². The number of aryl methyl sites for hydroxylation is 2. The van der Waals surface area contributed by atoms with Crippen LogP contribution in [0, 0.1) is 0 Å². The van der Waals surface area contributed by atoms with E-state index >= 15 is 0 Å². The van der Waals surface area contributed by atoms with Crippen LogP contribution in [-0.2, 0) is 22.4 Å². The minimum Gasteiger partial charge on any atom is -0.480 e. The number of fused-ring (bicyclic) bond motifs is 2. The molecule has 0 aliphatic carbocycles. The maximum atomic E-state index is 12.1. The first-order valence-electron chi connectivity index (χ1n) is 11.4. The van der Waals surface area contributed by atoms with E-state index in [1.165, 1.54) is 5.56 Å². The lowest BCUT2D eigenvalue weighted by atomic mass is 10.1. The Balaban J connectivity index is 1.15. The van der Waals surface area contributed by atoms with Crippen molar-refractivity contribution >= 4 is 34.8 Å². The van der Waals surface area contributed by atoms with Gasteiger partial charge in [0.2, 0.25) is 5.91 Å². The molecule has 0 spiro atoms. The van der Waals surface area contributed by atoms with Gasteiger partial charge in [-0.25, -0.2) is 9.78 Å². The molecule has 1 aliphatic heterocycles. The number of rotatable bonds is 11. The predicted octanol–water partition coefficient (Wildman–Crippen LogP) is 3.37. The molecule has 174 valence electrons. The molecule has 1 aromatic carbocycles. The first kappa shape index (κ1) is 22.6. The highest BCUT2D eigenvalue weighted by molar-refractivity contribution is 5.79. The molecule has 3 heterocycles. The zero-order chi connectivity index (χ0) is 23.0. The quantitative estimate of drug-likeness (QED) is 0.327. The second-order valence-corrected chi connectivity index (χ2v) is 8.21. The van der Waals surface area contributed by atoms with Gasteiger partial charge < -0.3 is 25.5 Å². The number of carbonyl (C=O) groups is 2. The summed E-state index contributed by atoms with van der Waals surface area (Å²) >= 11 is 0. The molecule has 33 heavy (non-hydrogen) atoms. The highest BCUT2D eigenvalue weighted by Crippen LogP contribution is 2.21. The molecule has 0 radical (unpaired) electrons. The van der Waals surface area contributed by atoms with Gasteiger partial charge in [0.25, 0.3) is 6.01 Å². The highest BCUT2D eigenvalue weighted by Gasteiger charge is 2.20. The molecule has 1 atom stereocenters. The van der Waals surface area contributed by atoms with Gasteiger partial charge in [-0.15, -0.1) is 0 Å². The second-order valence-electron chi connectivity index (χ2n) is 8.21. The molecule has 0 saturated carbocycles. The molecule has 2 aromatic heterocycles. The molecule has 1 amide bonds. The van der Waals surface area contributed by atoms with E-state index in [1.54, 1.807) is 12.1 Å². The first-order valence-corrected chi connectivity index (χ1v) is 11.4. The predicted molar refractivity (Wildman–Crippen MR) is 125 cm³/mol. The number of unbranched alkanes of at least 4 members (excludes halogenated alkanes) is 1. The smallest absolute Gasteiger partial charge is 0.326 e. The van der Waals surface area contributed by atoms with Crippen LogP contribution in [0.4, 0.5) is 11.8 Å². The largest absolute Gasteiger partial charge is 0.480 e. The molecule has 0 fully saturated rings. The number of oxazole rings is 1. The molecule has 0 unspecified atom stereocenters. The number of hydrogen-bond acceptors (Lipinski definition) is 7. The lowest BCUT2D eigenvalue weighted by Crippen LogP contribution is -2.34. The van der Waals surface area contributed by atoms with Crippen molar-refractivity contribution in [1.29, 1.82) is 0 Å². The van der Waals surface area contributed by atoms with Crippen LogP contribution in [0.15, 0.2) is 40.8 Å². The van der Waals surface area contributed by atoms with E-state index < -0.39 is 12.0 Å². The Labute approximate surface area is 192 Å². The van der Waals surface area contributed by atoms with Crippen molar-refractivity contribution in [3.8, 4) is 0 Å². The molecule has 1 aliphatic rings. The van der Waals surface area contributed by atoms with Crippen LogP contribution in [0.1, 0.15) is 43.4 Å². The Kier molecular flexibility index (Phi) is 7.39. The summed E-state index contributed by atoms with van der Waals surface area (Å²) < 4.78 is 5.53. The molecule has 0 bridgehead atoms. The number of aliphatic carboxylic acids is 1. The number of para-hydroxylation sites is 2. The third-order valence-corrected chi connectivity index (χ3v) is 5.68. The Hall–Kier alpha value is -3.62. The van der Waals surface area contributed by atoms with Crippen LogP contribution in [0.5, 0.6) is 0 Å². The summed E-state index contributed by atoms with van der Waals surface area (Å²) in [6, 6.07) is 10.7. The average Bonchev–Trinajstić information content (AvgIpc) is 3.23. The van der Waals surface area contributed by atoms with E-state index in [0.717, 1.165) is 50.2 Å². The third-order valence-electron chi connectivity index (χ3n) is 5.68. The Morgan fingerprint density at radius 1 is 1.15 bits per heavy atom. The minimum absolute atomic E-state index is 0.0823. The van der Waals surface area contributed by atoms with Crippen LogP contribution in [0.25, 0.3) is 11.1 Å². The molecular formula is C24H29N5O4. The van der Waals surface area contributed by atoms with Gasteiger partial charge >= 0.3 is 5.97 Å². The number of carbonyl (C=O) groups excluding carboxylic acids is 1. The molecule has 9 heteroatoms. The zero-order valence-electron chi connectivity index (χ0n) is 18.5. The van der Waals surface area contributed by atoms with E-state index in [4.69, 9.17) is 4.42 Å². The highest BCUT2D eigenvalue weighted by atomic mass is 16.4. The van der Waals surface area contributed by atoms with Gasteiger partial charge in [-0.05, 0) is 62.3 Å². The van der Waals surface area contributed by atoms with Crippen LogP contribution in [0.3, 0.4) is 0 Å². The Morgan fingerprint density at radius 3 is 2.88 bits per heavy atom. The number of pyridine rings is 1. The molecule has 4 rings (SSSR count). The van der Waals surface area contributed by atoms with Crippen LogP contribution in [-0.4, -0.2) is 46.1 Å². The lowest BCUT2D eigenvalue weighted by Gasteiger charge is -2.17. The number of carboxylic acids is 1. The van der Waals surface area contributed by atoms with Gasteiger partial charge in [-0.3, -0.25) is 4.79 Å². The summed E-state index contributed by atoms with van der Waals surface area (Å²) in [5.74, 6) is -0.115. The average molecular weight is 452 g/mol. The molecule has 0 saturated heterocycles. The van der Waals surface area contributed by atoms with Crippen LogP contribution in [0.2, 0.25) is 0 Å². The van der Waals surface area contributed by atoms with E-state index in [1.807, 2.05) is 12.1 Å². The Morgan fingerprint density at radius 2 is 2.03 bits per heavy atom. The maximum absolute atomic E-state index is 12.1. The fourth-order valence-electron chi connectivity index (χ4n) is 3.88. The fourth-order valence-corrected chi connectivity index (χ4v) is 3.88. The normalized spacial score (nSPS) is 13.7. The zero-order valence-corrected chi connectivity index (χ0v) is 18.5. The SMILES string of the molecule is O=C(CCCCc1ccc2c(n1)NCCC2)NCC[C@@H](Nc1nc2ccccc2o1)C(=O)O. The van der Waals surface area contributed by atoms with E-state index in [-0.39, 0.29) is 24.9 Å². The van der Waals surface area contributed by atoms with E-state index in [0.29, 0.717) is 17.5 Å². The number of nitrogens with one attached hydrogen (secondary N) is 3. The van der Waals surface area contributed by atoms with Crippen LogP contribution >= 0.6 is 0 Å². The van der Waals surface area contributed by atoms with Crippen molar-refractivity contribution < 1.29 is 19.1 Å². The van der Waals surface area contributed by atoms with Gasteiger partial charge in [-0.2, -0.15) is 4.98 Å². The number of carboxylic acid groups (broad SMARTS) is 1. The number of hydrogen-bond donors (Lipinski definition) is 4. The van der Waals surface area contributed by atoms with E-state index in [2.05, 4.69) is 38.1 Å². The van der Waals surface area contributed by atoms with Crippen molar-refractivity contribution in [1.82, 2.24) is 15.3 Å². The summed E-state index contributed by atoms with van der Waals surface area (Å²) in [5.41, 5.74) is 3.55. The molecular weight excluding hydrogens is 422 g/mol. The molecule has 9 nitrogen and oxygen atoms in total. The number of benzene rings is 1. The fraction of sp³-hybridized carbons (Fsp3) is 0.417. The van der Waals surface area contributed by atoms with Crippen molar-refractivity contribution in [2.45, 2.75) is 51.0 Å². The summed E-state index contributed by atoms with van der Waals surface area (Å²) in [7, 11) is 0. The second kappa shape index (κ2) is 10.8. The maximum Gasteiger partial charge on any atom is 0.326 e. The van der Waals surface area contributed by atoms with Gasteiger partial charge in [0.1, 0.15) is 17.4 Å². The summed E-state index contributed by atoms with van der Waals surface area (Å²) in [6.07, 6.45) is 5.28. The van der Waals surface area contributed by atoms with Gasteiger partial charge in [0.15, 0.2) is 5.58 Å². The van der Waals surface area contributed by atoms with Crippen molar-refractivity contribution in [2.75, 3.05) is 23.7 Å². The van der Waals surface area contributed by atoms with Gasteiger partial charge in [0, 0.05) is 25.2 Å². The standard InChI is InChI=1S/C24H29N5O4/c30-21(10-4-1-7-17-12-11-16-6-5-14-26-22(16)27-17)25-15-13-19(23(31)32)29-24-28-18-8-2-3-9-20(18)33-24/h2-3,8-9,11-12,19H,1,4-7,10,13-15H2,(H,25,30)(H,26,27)(H,28,29)(H,31,32)/t19-/m1/s1. The van der Waals surface area contributed by atoms with Gasteiger partial charge in [0.05, 0.1) is 0 Å². The van der Waals surface area contributed by atoms with Crippen molar-refractivity contribution in [3.05, 3.63) is 47.7 Å². The molecule has 3 aromatic rings. The third kappa shape index (κ3) is 6.21. The summed E-state index contributed by atoms with van der Waals surface area (Å²) in [5, 5.41) is 18.4. The number of aromatic nitrogens is 2. The first-order chi connectivity index (χ1) is 16.1. The van der Waals surface area contributed by atoms with Crippen molar-refractivity contribution in [3.63, 3.8) is 0 Å². The number of nitrogens with zero attached hydrogens (tertiary/aromatic N) is 2. The van der Waals surface area contributed by atoms with Crippen LogP contribution < -0.4 is 16.0 Å². The van der Waals surface area contributed by atoms with Crippen molar-refractivity contribution in [2.24, 2.45) is 0 Å². The minimum atomic E-state index is -1.03. The summed E-state index contributed by atoms with van der Waals surface area (Å²) in [6.45, 7) is 1.22. The summed E-state index contributed by atoms with van der Waals surface area (Å²) in [4.78, 5) is 32.6. The lowest BCUT2D eigenvalue weighted by molar-refractivity contribution is -0.138. The van der Waals surface area contributed by atoms with Gasteiger partial charge in [-0.1, -0.05) is 18.2 Å². The number of amides is 1. The number of anilines is 2. The Bertz CT molecular complexity index is 1080. The van der Waals surface area contributed by atoms with E-state index in [9.17, 15) is 14.7 Å². The monoisotopic (exact) mass is 451 g/mol.